The maximum atomic E-state index is 10.9. The lowest BCUT2D eigenvalue weighted by atomic mass is 9.71. The molecular formula is C29H39NO3. The predicted molar refractivity (Wildman–Crippen MR) is 133 cm³/mol. The van der Waals surface area contributed by atoms with Gasteiger partial charge in [-0.1, -0.05) is 68.7 Å². The Morgan fingerprint density at radius 3 is 2.24 bits per heavy atom. The Morgan fingerprint density at radius 1 is 0.970 bits per heavy atom. The second kappa shape index (κ2) is 11.2. The standard InChI is InChI=1S/C29H39NO3/c1-2-29(25-9-5-3-6-10-25,33-27-11-7-4-8-12-27)26-15-13-23(14-16-26)24-17-20-30(21-18-24)22-19-28(31)32/h4,7-8,11-16,24-25H,2-3,5-6,9-10,17-22H2,1H3,(H,31,32). The number of nitrogens with zero attached hydrogens (tertiary/aromatic N) is 1. The highest BCUT2D eigenvalue weighted by Crippen LogP contribution is 2.45. The Labute approximate surface area is 199 Å². The van der Waals surface area contributed by atoms with Crippen molar-refractivity contribution in [1.29, 1.82) is 0 Å². The van der Waals surface area contributed by atoms with Gasteiger partial charge in [0.05, 0.1) is 6.42 Å². The molecular weight excluding hydrogens is 410 g/mol. The summed E-state index contributed by atoms with van der Waals surface area (Å²) in [4.78, 5) is 13.1. The minimum absolute atomic E-state index is 0.237. The van der Waals surface area contributed by atoms with Crippen LogP contribution in [-0.4, -0.2) is 35.6 Å². The number of carboxylic acids is 1. The van der Waals surface area contributed by atoms with Crippen molar-refractivity contribution in [3.05, 3.63) is 65.7 Å². The van der Waals surface area contributed by atoms with E-state index in [0.29, 0.717) is 18.4 Å². The molecule has 1 saturated heterocycles. The highest BCUT2D eigenvalue weighted by Gasteiger charge is 2.41. The average Bonchev–Trinajstić information content (AvgIpc) is 2.88. The van der Waals surface area contributed by atoms with E-state index in [1.807, 2.05) is 6.07 Å². The van der Waals surface area contributed by atoms with Gasteiger partial charge in [-0.25, -0.2) is 0 Å². The molecule has 0 spiro atoms. The number of piperidine rings is 1. The number of hydrogen-bond donors (Lipinski definition) is 1. The first-order valence-electron chi connectivity index (χ1n) is 12.9. The van der Waals surface area contributed by atoms with Crippen molar-refractivity contribution in [2.45, 2.75) is 76.2 Å². The monoisotopic (exact) mass is 449 g/mol. The van der Waals surface area contributed by atoms with Gasteiger partial charge in [0, 0.05) is 12.5 Å². The van der Waals surface area contributed by atoms with Gasteiger partial charge in [-0.15, -0.1) is 0 Å². The molecule has 1 N–H and O–H groups in total. The number of hydrogen-bond acceptors (Lipinski definition) is 3. The maximum absolute atomic E-state index is 10.9. The van der Waals surface area contributed by atoms with Crippen LogP contribution in [0.4, 0.5) is 0 Å². The summed E-state index contributed by atoms with van der Waals surface area (Å²) in [5, 5.41) is 8.94. The van der Waals surface area contributed by atoms with Crippen LogP contribution >= 0.6 is 0 Å². The molecule has 4 heteroatoms. The normalized spacial score (nSPS) is 20.3. The van der Waals surface area contributed by atoms with Crippen LogP contribution in [0.1, 0.15) is 81.8 Å². The Bertz CT molecular complexity index is 867. The summed E-state index contributed by atoms with van der Waals surface area (Å²) in [6.07, 6.45) is 9.80. The van der Waals surface area contributed by atoms with Crippen molar-refractivity contribution in [2.75, 3.05) is 19.6 Å². The second-order valence-corrected chi connectivity index (χ2v) is 9.87. The summed E-state index contributed by atoms with van der Waals surface area (Å²) >= 11 is 0. The zero-order valence-electron chi connectivity index (χ0n) is 20.0. The lowest BCUT2D eigenvalue weighted by Gasteiger charge is -2.43. The molecule has 2 aromatic carbocycles. The lowest BCUT2D eigenvalue weighted by Crippen LogP contribution is -2.41. The van der Waals surface area contributed by atoms with Crippen LogP contribution in [0.25, 0.3) is 0 Å². The molecule has 1 heterocycles. The fourth-order valence-corrected chi connectivity index (χ4v) is 5.99. The number of carboxylic acid groups (broad SMARTS) is 1. The SMILES string of the molecule is CCC(Oc1ccccc1)(c1ccc(C2CCN(CCC(=O)O)CC2)cc1)C1CCCCC1. The van der Waals surface area contributed by atoms with Gasteiger partial charge < -0.3 is 14.7 Å². The van der Waals surface area contributed by atoms with Crippen LogP contribution in [0, 0.1) is 5.92 Å². The molecule has 0 bridgehead atoms. The van der Waals surface area contributed by atoms with Gasteiger partial charge in [0.1, 0.15) is 11.4 Å². The van der Waals surface area contributed by atoms with E-state index >= 15 is 0 Å². The molecule has 33 heavy (non-hydrogen) atoms. The number of aliphatic carboxylic acids is 1. The van der Waals surface area contributed by atoms with Crippen LogP contribution in [0.5, 0.6) is 5.75 Å². The quantitative estimate of drug-likeness (QED) is 0.468. The Balaban J connectivity index is 1.50. The molecule has 4 nitrogen and oxygen atoms in total. The minimum Gasteiger partial charge on any atom is -0.482 e. The number of ether oxygens (including phenoxy) is 1. The second-order valence-electron chi connectivity index (χ2n) is 9.87. The fourth-order valence-electron chi connectivity index (χ4n) is 5.99. The smallest absolute Gasteiger partial charge is 0.304 e. The molecule has 0 amide bonds. The van der Waals surface area contributed by atoms with E-state index in [0.717, 1.165) is 38.1 Å². The number of likely N-dealkylation sites (tertiary alicyclic amines) is 1. The Kier molecular flexibility index (Phi) is 8.08. The molecule has 0 aromatic heterocycles. The zero-order chi connectivity index (χ0) is 23.1. The average molecular weight is 450 g/mol. The number of carbonyl (C=O) groups is 1. The largest absolute Gasteiger partial charge is 0.482 e. The first kappa shape index (κ1) is 23.8. The summed E-state index contributed by atoms with van der Waals surface area (Å²) < 4.78 is 6.87. The van der Waals surface area contributed by atoms with Crippen molar-refractivity contribution in [1.82, 2.24) is 4.90 Å². The van der Waals surface area contributed by atoms with Crippen molar-refractivity contribution in [2.24, 2.45) is 5.92 Å². The molecule has 0 radical (unpaired) electrons. The highest BCUT2D eigenvalue weighted by molar-refractivity contribution is 5.66. The van der Waals surface area contributed by atoms with Gasteiger partial charge in [0.25, 0.3) is 0 Å². The first-order chi connectivity index (χ1) is 16.1. The third-order valence-electron chi connectivity index (χ3n) is 7.93. The van der Waals surface area contributed by atoms with Gasteiger partial charge in [-0.2, -0.15) is 0 Å². The Morgan fingerprint density at radius 2 is 1.64 bits per heavy atom. The summed E-state index contributed by atoms with van der Waals surface area (Å²) in [6, 6.07) is 19.6. The van der Waals surface area contributed by atoms with Gasteiger partial charge in [0.2, 0.25) is 0 Å². The topological polar surface area (TPSA) is 49.8 Å². The third-order valence-corrected chi connectivity index (χ3v) is 7.93. The van der Waals surface area contributed by atoms with Gasteiger partial charge in [-0.05, 0) is 74.4 Å². The molecule has 1 unspecified atom stereocenters. The molecule has 1 aliphatic carbocycles. The van der Waals surface area contributed by atoms with Crippen molar-refractivity contribution >= 4 is 5.97 Å². The third kappa shape index (κ3) is 5.78. The molecule has 4 rings (SSSR count). The molecule has 1 saturated carbocycles. The fraction of sp³-hybridized carbons (Fsp3) is 0.552. The number of para-hydroxylation sites is 1. The molecule has 2 aromatic rings. The zero-order valence-corrected chi connectivity index (χ0v) is 20.0. The summed E-state index contributed by atoms with van der Waals surface area (Å²) in [6.45, 7) is 4.91. The van der Waals surface area contributed by atoms with Gasteiger partial charge in [-0.3, -0.25) is 4.79 Å². The van der Waals surface area contributed by atoms with E-state index in [2.05, 4.69) is 60.4 Å². The molecule has 2 aliphatic rings. The van der Waals surface area contributed by atoms with Crippen LogP contribution < -0.4 is 4.74 Å². The van der Waals surface area contributed by atoms with Crippen LogP contribution in [0.3, 0.4) is 0 Å². The van der Waals surface area contributed by atoms with E-state index in [-0.39, 0.29) is 12.0 Å². The molecule has 1 aliphatic heterocycles. The van der Waals surface area contributed by atoms with E-state index in [1.54, 1.807) is 0 Å². The van der Waals surface area contributed by atoms with Crippen molar-refractivity contribution in [3.8, 4) is 5.75 Å². The van der Waals surface area contributed by atoms with Gasteiger partial charge in [0.15, 0.2) is 0 Å². The van der Waals surface area contributed by atoms with E-state index in [1.165, 1.54) is 43.2 Å². The van der Waals surface area contributed by atoms with Crippen LogP contribution in [-0.2, 0) is 10.4 Å². The predicted octanol–water partition coefficient (Wildman–Crippen LogP) is 6.61. The van der Waals surface area contributed by atoms with Crippen LogP contribution in [0.2, 0.25) is 0 Å². The molecule has 1 atom stereocenters. The maximum Gasteiger partial charge on any atom is 0.304 e. The number of benzene rings is 2. The lowest BCUT2D eigenvalue weighted by molar-refractivity contribution is -0.137. The van der Waals surface area contributed by atoms with Gasteiger partial charge >= 0.3 is 5.97 Å². The van der Waals surface area contributed by atoms with Crippen molar-refractivity contribution in [3.63, 3.8) is 0 Å². The van der Waals surface area contributed by atoms with Crippen LogP contribution in [0.15, 0.2) is 54.6 Å². The van der Waals surface area contributed by atoms with E-state index in [4.69, 9.17) is 9.84 Å². The number of rotatable bonds is 9. The van der Waals surface area contributed by atoms with E-state index in [9.17, 15) is 4.79 Å². The van der Waals surface area contributed by atoms with E-state index < -0.39 is 5.97 Å². The first-order valence-corrected chi connectivity index (χ1v) is 12.9. The summed E-state index contributed by atoms with van der Waals surface area (Å²) in [5.41, 5.74) is 2.44. The minimum atomic E-state index is -0.706. The highest BCUT2D eigenvalue weighted by atomic mass is 16.5. The summed E-state index contributed by atoms with van der Waals surface area (Å²) in [5.74, 6) is 1.35. The Hall–Kier alpha value is -2.33. The summed E-state index contributed by atoms with van der Waals surface area (Å²) in [7, 11) is 0. The molecule has 178 valence electrons. The van der Waals surface area contributed by atoms with Crippen molar-refractivity contribution < 1.29 is 14.6 Å². The molecule has 2 fully saturated rings.